The predicted octanol–water partition coefficient (Wildman–Crippen LogP) is 4.86. The number of hydrogen-bond donors (Lipinski definition) is 0. The third-order valence-electron chi connectivity index (χ3n) is 5.57. The van der Waals surface area contributed by atoms with Crippen molar-refractivity contribution in [1.82, 2.24) is 4.90 Å². The first-order valence-electron chi connectivity index (χ1n) is 10.4. The van der Waals surface area contributed by atoms with Crippen LogP contribution in [0.15, 0.2) is 71.1 Å². The van der Waals surface area contributed by atoms with Crippen molar-refractivity contribution in [3.8, 4) is 5.75 Å². The molecule has 4 rings (SSSR count). The summed E-state index contributed by atoms with van der Waals surface area (Å²) in [5.74, 6) is 1.83. The van der Waals surface area contributed by atoms with E-state index in [4.69, 9.17) is 9.15 Å². The SMILES string of the molecule is O=C(c1ccc(COc2ccc([N+](=O)[O-])cc2)o1)N1CCC(Cc2ccccc2)CC1. The molecule has 7 heteroatoms. The summed E-state index contributed by atoms with van der Waals surface area (Å²) in [4.78, 5) is 24.9. The van der Waals surface area contributed by atoms with Crippen LogP contribution >= 0.6 is 0 Å². The van der Waals surface area contributed by atoms with Gasteiger partial charge in [0.1, 0.15) is 18.1 Å². The summed E-state index contributed by atoms with van der Waals surface area (Å²) < 4.78 is 11.3. The molecule has 1 aromatic heterocycles. The molecule has 0 unspecified atom stereocenters. The van der Waals surface area contributed by atoms with E-state index in [0.717, 1.165) is 32.4 Å². The van der Waals surface area contributed by atoms with Crippen LogP contribution in [0.25, 0.3) is 0 Å². The standard InChI is InChI=1S/C24H24N2O5/c27-24(25-14-12-19(13-15-25)16-18-4-2-1-3-5-18)23-11-10-22(31-23)17-30-21-8-6-20(7-9-21)26(28)29/h1-11,19H,12-17H2. The van der Waals surface area contributed by atoms with Crippen LogP contribution in [-0.4, -0.2) is 28.8 Å². The van der Waals surface area contributed by atoms with Gasteiger partial charge in [-0.2, -0.15) is 0 Å². The Balaban J connectivity index is 1.27. The fourth-order valence-corrected chi connectivity index (χ4v) is 3.83. The highest BCUT2D eigenvalue weighted by Crippen LogP contribution is 2.24. The monoisotopic (exact) mass is 420 g/mol. The molecule has 1 aliphatic heterocycles. The van der Waals surface area contributed by atoms with Crippen molar-refractivity contribution in [2.24, 2.45) is 5.92 Å². The van der Waals surface area contributed by atoms with Crippen molar-refractivity contribution in [2.45, 2.75) is 25.9 Å². The summed E-state index contributed by atoms with van der Waals surface area (Å²) in [5, 5.41) is 10.7. The first-order chi connectivity index (χ1) is 15.1. The fourth-order valence-electron chi connectivity index (χ4n) is 3.83. The van der Waals surface area contributed by atoms with Crippen LogP contribution in [0.3, 0.4) is 0 Å². The average molecular weight is 420 g/mol. The van der Waals surface area contributed by atoms with Crippen molar-refractivity contribution < 1.29 is 18.9 Å². The molecule has 1 aliphatic rings. The number of carbonyl (C=O) groups excluding carboxylic acids is 1. The van der Waals surface area contributed by atoms with E-state index in [9.17, 15) is 14.9 Å². The molecule has 1 amide bonds. The molecule has 0 atom stereocenters. The Hall–Kier alpha value is -3.61. The Morgan fingerprint density at radius 3 is 2.42 bits per heavy atom. The molecule has 0 spiro atoms. The molecule has 3 aromatic rings. The van der Waals surface area contributed by atoms with Crippen LogP contribution in [-0.2, 0) is 13.0 Å². The molecule has 160 valence electrons. The Morgan fingerprint density at radius 2 is 1.74 bits per heavy atom. The number of ether oxygens (including phenoxy) is 1. The minimum atomic E-state index is -0.460. The zero-order valence-corrected chi connectivity index (χ0v) is 17.1. The van der Waals surface area contributed by atoms with Gasteiger partial charge in [-0.1, -0.05) is 30.3 Å². The molecule has 0 saturated carbocycles. The first-order valence-corrected chi connectivity index (χ1v) is 10.4. The van der Waals surface area contributed by atoms with E-state index in [2.05, 4.69) is 24.3 Å². The van der Waals surface area contributed by atoms with E-state index in [0.29, 0.717) is 23.2 Å². The minimum absolute atomic E-state index is 0.00534. The molecule has 7 nitrogen and oxygen atoms in total. The van der Waals surface area contributed by atoms with Crippen LogP contribution in [0.4, 0.5) is 5.69 Å². The highest BCUT2D eigenvalue weighted by atomic mass is 16.6. The summed E-state index contributed by atoms with van der Waals surface area (Å²) >= 11 is 0. The van der Waals surface area contributed by atoms with Gasteiger partial charge in [-0.05, 0) is 55.0 Å². The molecule has 0 aliphatic carbocycles. The van der Waals surface area contributed by atoms with Gasteiger partial charge in [0.05, 0.1) is 4.92 Å². The lowest BCUT2D eigenvalue weighted by Gasteiger charge is -2.31. The fraction of sp³-hybridized carbons (Fsp3) is 0.292. The molecule has 0 bridgehead atoms. The van der Waals surface area contributed by atoms with Crippen molar-refractivity contribution in [2.75, 3.05) is 13.1 Å². The lowest BCUT2D eigenvalue weighted by molar-refractivity contribution is -0.384. The van der Waals surface area contributed by atoms with Crippen molar-refractivity contribution in [3.05, 3.63) is 93.9 Å². The van der Waals surface area contributed by atoms with E-state index in [1.165, 1.54) is 29.8 Å². The van der Waals surface area contributed by atoms with Gasteiger partial charge in [0.15, 0.2) is 5.76 Å². The summed E-state index contributed by atoms with van der Waals surface area (Å²) in [6.45, 7) is 1.60. The molecule has 31 heavy (non-hydrogen) atoms. The lowest BCUT2D eigenvalue weighted by atomic mass is 9.90. The van der Waals surface area contributed by atoms with Crippen LogP contribution in [0, 0.1) is 16.0 Å². The number of rotatable bonds is 7. The second-order valence-corrected chi connectivity index (χ2v) is 7.73. The zero-order chi connectivity index (χ0) is 21.6. The normalized spacial score (nSPS) is 14.4. The van der Waals surface area contributed by atoms with Gasteiger partial charge in [-0.25, -0.2) is 0 Å². The minimum Gasteiger partial charge on any atom is -0.486 e. The summed E-state index contributed by atoms with van der Waals surface area (Å²) in [6, 6.07) is 19.7. The first kappa shape index (κ1) is 20.7. The van der Waals surface area contributed by atoms with E-state index in [1.54, 1.807) is 12.1 Å². The maximum Gasteiger partial charge on any atom is 0.289 e. The number of piperidine rings is 1. The summed E-state index contributed by atoms with van der Waals surface area (Å²) in [6.07, 6.45) is 3.02. The number of furan rings is 1. The molecule has 0 radical (unpaired) electrons. The van der Waals surface area contributed by atoms with Crippen LogP contribution in [0.1, 0.15) is 34.7 Å². The van der Waals surface area contributed by atoms with Crippen molar-refractivity contribution >= 4 is 11.6 Å². The van der Waals surface area contributed by atoms with Crippen LogP contribution < -0.4 is 4.74 Å². The number of amides is 1. The quantitative estimate of drug-likeness (QED) is 0.402. The van der Waals surface area contributed by atoms with Crippen LogP contribution in [0.5, 0.6) is 5.75 Å². The maximum absolute atomic E-state index is 12.8. The number of benzene rings is 2. The Morgan fingerprint density at radius 1 is 1.03 bits per heavy atom. The molecule has 1 fully saturated rings. The average Bonchev–Trinajstić information content (AvgIpc) is 3.28. The summed E-state index contributed by atoms with van der Waals surface area (Å²) in [5.41, 5.74) is 1.35. The van der Waals surface area contributed by atoms with Gasteiger partial charge >= 0.3 is 0 Å². The molecule has 0 N–H and O–H groups in total. The Labute approximate surface area is 180 Å². The third-order valence-corrected chi connectivity index (χ3v) is 5.57. The number of nitro groups is 1. The summed E-state index contributed by atoms with van der Waals surface area (Å²) in [7, 11) is 0. The number of likely N-dealkylation sites (tertiary alicyclic amines) is 1. The topological polar surface area (TPSA) is 85.8 Å². The molecule has 2 heterocycles. The van der Waals surface area contributed by atoms with Gasteiger partial charge in [-0.15, -0.1) is 0 Å². The van der Waals surface area contributed by atoms with Gasteiger partial charge in [-0.3, -0.25) is 14.9 Å². The molecular weight excluding hydrogens is 396 g/mol. The van der Waals surface area contributed by atoms with Crippen molar-refractivity contribution in [1.29, 1.82) is 0 Å². The number of non-ortho nitro benzene ring substituents is 1. The van der Waals surface area contributed by atoms with Gasteiger partial charge < -0.3 is 14.1 Å². The highest BCUT2D eigenvalue weighted by Gasteiger charge is 2.25. The number of nitro benzene ring substituents is 1. The zero-order valence-electron chi connectivity index (χ0n) is 17.1. The lowest BCUT2D eigenvalue weighted by Crippen LogP contribution is -2.38. The van der Waals surface area contributed by atoms with Gasteiger partial charge in [0.2, 0.25) is 0 Å². The molecule has 2 aromatic carbocycles. The second-order valence-electron chi connectivity index (χ2n) is 7.73. The number of nitrogens with zero attached hydrogens (tertiary/aromatic N) is 2. The number of hydrogen-bond acceptors (Lipinski definition) is 5. The van der Waals surface area contributed by atoms with E-state index < -0.39 is 4.92 Å². The number of carbonyl (C=O) groups is 1. The van der Waals surface area contributed by atoms with E-state index in [1.807, 2.05) is 11.0 Å². The van der Waals surface area contributed by atoms with Gasteiger partial charge in [0.25, 0.3) is 11.6 Å². The molecule has 1 saturated heterocycles. The third kappa shape index (κ3) is 5.31. The molecular formula is C24H24N2O5. The van der Waals surface area contributed by atoms with Crippen LogP contribution in [0.2, 0.25) is 0 Å². The largest absolute Gasteiger partial charge is 0.486 e. The van der Waals surface area contributed by atoms with E-state index in [-0.39, 0.29) is 18.2 Å². The maximum atomic E-state index is 12.8. The van der Waals surface area contributed by atoms with Crippen molar-refractivity contribution in [3.63, 3.8) is 0 Å². The predicted molar refractivity (Wildman–Crippen MR) is 115 cm³/mol. The highest BCUT2D eigenvalue weighted by molar-refractivity contribution is 5.91. The van der Waals surface area contributed by atoms with E-state index >= 15 is 0 Å². The van der Waals surface area contributed by atoms with Gasteiger partial charge in [0, 0.05) is 25.2 Å². The second kappa shape index (κ2) is 9.47. The smallest absolute Gasteiger partial charge is 0.289 e. The Kier molecular flexibility index (Phi) is 6.31. The Bertz CT molecular complexity index is 1020.